The summed E-state index contributed by atoms with van der Waals surface area (Å²) in [6, 6.07) is 9.68. The van der Waals surface area contributed by atoms with E-state index in [1.165, 1.54) is 19.2 Å². The van der Waals surface area contributed by atoms with Gasteiger partial charge in [-0.1, -0.05) is 31.1 Å². The summed E-state index contributed by atoms with van der Waals surface area (Å²) < 4.78 is 11.6. The van der Waals surface area contributed by atoms with Crippen LogP contribution < -0.4 is 9.47 Å². The van der Waals surface area contributed by atoms with E-state index in [-0.39, 0.29) is 29.7 Å². The number of allylic oxidation sites excluding steroid dienone is 1. The third kappa shape index (κ3) is 6.90. The molecule has 0 unspecified atom stereocenters. The van der Waals surface area contributed by atoms with Crippen LogP contribution in [0.5, 0.6) is 11.5 Å². The standard InChI is InChI=1S/C29H31N3O7S/c1-3-9-22-14-21(16-24(38-2)27(22)39-19-20-10-8-11-23(15-20)32(36)37)17-25-28(34)31(29(35)40-25)18-26(33)30-12-6-4-5-7-13-30/h3,8,10-11,14-17H,1,4-7,9,12-13,18-19H2,2H3. The first-order valence-electron chi connectivity index (χ1n) is 13.0. The Balaban J connectivity index is 1.53. The van der Waals surface area contributed by atoms with Crippen molar-refractivity contribution in [3.05, 3.63) is 80.8 Å². The lowest BCUT2D eigenvalue weighted by molar-refractivity contribution is -0.384. The molecule has 40 heavy (non-hydrogen) atoms. The topological polar surface area (TPSA) is 119 Å². The van der Waals surface area contributed by atoms with Crippen molar-refractivity contribution in [2.75, 3.05) is 26.7 Å². The van der Waals surface area contributed by atoms with Gasteiger partial charge in [-0.25, -0.2) is 0 Å². The Morgan fingerprint density at radius 3 is 2.58 bits per heavy atom. The van der Waals surface area contributed by atoms with E-state index >= 15 is 0 Å². The fourth-order valence-corrected chi connectivity index (χ4v) is 5.49. The van der Waals surface area contributed by atoms with E-state index in [4.69, 9.17) is 9.47 Å². The largest absolute Gasteiger partial charge is 0.493 e. The maximum Gasteiger partial charge on any atom is 0.294 e. The lowest BCUT2D eigenvalue weighted by Gasteiger charge is -2.22. The zero-order valence-corrected chi connectivity index (χ0v) is 23.1. The minimum atomic E-state index is -0.506. The fourth-order valence-electron chi connectivity index (χ4n) is 4.65. The molecule has 2 aromatic carbocycles. The van der Waals surface area contributed by atoms with E-state index in [0.29, 0.717) is 42.1 Å². The number of hydrogen-bond acceptors (Lipinski definition) is 8. The highest BCUT2D eigenvalue weighted by atomic mass is 32.2. The molecule has 0 N–H and O–H groups in total. The number of amides is 3. The molecule has 210 valence electrons. The monoisotopic (exact) mass is 565 g/mol. The first-order chi connectivity index (χ1) is 19.3. The Morgan fingerprint density at radius 2 is 1.90 bits per heavy atom. The van der Waals surface area contributed by atoms with Crippen LogP contribution in [0.25, 0.3) is 6.08 Å². The summed E-state index contributed by atoms with van der Waals surface area (Å²) in [6.07, 6.45) is 7.71. The number of nitro groups is 1. The number of thioether (sulfide) groups is 1. The van der Waals surface area contributed by atoms with E-state index in [0.717, 1.165) is 47.9 Å². The Labute approximate surface area is 236 Å². The summed E-state index contributed by atoms with van der Waals surface area (Å²) >= 11 is 0.798. The molecule has 0 saturated carbocycles. The van der Waals surface area contributed by atoms with Gasteiger partial charge in [-0.3, -0.25) is 29.4 Å². The zero-order chi connectivity index (χ0) is 28.6. The second-order valence-corrected chi connectivity index (χ2v) is 10.5. The molecule has 3 amide bonds. The predicted molar refractivity (Wildman–Crippen MR) is 152 cm³/mol. The summed E-state index contributed by atoms with van der Waals surface area (Å²) in [5.74, 6) is 0.118. The number of non-ortho nitro benzene ring substituents is 1. The van der Waals surface area contributed by atoms with Gasteiger partial charge >= 0.3 is 0 Å². The number of ether oxygens (including phenoxy) is 2. The van der Waals surface area contributed by atoms with Gasteiger partial charge in [0.05, 0.1) is 16.9 Å². The summed E-state index contributed by atoms with van der Waals surface area (Å²) in [6.45, 7) is 4.91. The number of nitrogens with zero attached hydrogens (tertiary/aromatic N) is 3. The fraction of sp³-hybridized carbons (Fsp3) is 0.345. The normalized spacial score (nSPS) is 16.7. The molecule has 4 rings (SSSR count). The number of carbonyl (C=O) groups is 3. The molecular formula is C29H31N3O7S. The summed E-state index contributed by atoms with van der Waals surface area (Å²) in [4.78, 5) is 52.1. The minimum Gasteiger partial charge on any atom is -0.493 e. The van der Waals surface area contributed by atoms with Gasteiger partial charge in [0.1, 0.15) is 13.2 Å². The van der Waals surface area contributed by atoms with Crippen LogP contribution in [-0.2, 0) is 22.6 Å². The number of likely N-dealkylation sites (tertiary alicyclic amines) is 1. The molecule has 0 aliphatic carbocycles. The summed E-state index contributed by atoms with van der Waals surface area (Å²) in [5.41, 5.74) is 1.92. The van der Waals surface area contributed by atoms with Crippen molar-refractivity contribution in [1.82, 2.24) is 9.80 Å². The Morgan fingerprint density at radius 1 is 1.15 bits per heavy atom. The molecule has 11 heteroatoms. The van der Waals surface area contributed by atoms with Gasteiger partial charge in [-0.05, 0) is 60.4 Å². The van der Waals surface area contributed by atoms with Crippen LogP contribution in [0.2, 0.25) is 0 Å². The lowest BCUT2D eigenvalue weighted by atomic mass is 10.0. The smallest absolute Gasteiger partial charge is 0.294 e. The minimum absolute atomic E-state index is 0.0307. The van der Waals surface area contributed by atoms with Crippen molar-refractivity contribution >= 4 is 40.6 Å². The number of nitro benzene ring substituents is 1. The first-order valence-corrected chi connectivity index (χ1v) is 13.8. The molecule has 2 aromatic rings. The third-order valence-electron chi connectivity index (χ3n) is 6.67. The molecule has 0 radical (unpaired) electrons. The number of hydrogen-bond donors (Lipinski definition) is 0. The molecule has 2 saturated heterocycles. The van der Waals surface area contributed by atoms with Gasteiger partial charge in [-0.15, -0.1) is 6.58 Å². The highest BCUT2D eigenvalue weighted by Crippen LogP contribution is 2.37. The second-order valence-electron chi connectivity index (χ2n) is 9.48. The second kappa shape index (κ2) is 13.3. The molecule has 2 aliphatic rings. The maximum absolute atomic E-state index is 13.1. The number of imide groups is 1. The van der Waals surface area contributed by atoms with E-state index in [1.807, 2.05) is 6.07 Å². The zero-order valence-electron chi connectivity index (χ0n) is 22.3. The van der Waals surface area contributed by atoms with Crippen molar-refractivity contribution < 1.29 is 28.8 Å². The molecular weight excluding hydrogens is 534 g/mol. The average Bonchev–Trinajstić information content (AvgIpc) is 3.12. The number of methoxy groups -OCH3 is 1. The van der Waals surface area contributed by atoms with Crippen LogP contribution in [0.3, 0.4) is 0 Å². The molecule has 0 aromatic heterocycles. The van der Waals surface area contributed by atoms with Crippen molar-refractivity contribution in [3.63, 3.8) is 0 Å². The van der Waals surface area contributed by atoms with Gasteiger partial charge < -0.3 is 14.4 Å². The number of benzene rings is 2. The van der Waals surface area contributed by atoms with E-state index in [2.05, 4.69) is 6.58 Å². The van der Waals surface area contributed by atoms with E-state index < -0.39 is 16.1 Å². The van der Waals surface area contributed by atoms with Gasteiger partial charge in [-0.2, -0.15) is 0 Å². The SMILES string of the molecule is C=CCc1cc(C=C2SC(=O)N(CC(=O)N3CCCCCC3)C2=O)cc(OC)c1OCc1cccc([N+](=O)[O-])c1. The van der Waals surface area contributed by atoms with Gasteiger partial charge in [0, 0.05) is 30.8 Å². The van der Waals surface area contributed by atoms with Crippen LogP contribution in [0.15, 0.2) is 54.0 Å². The van der Waals surface area contributed by atoms with Gasteiger partial charge in [0.25, 0.3) is 16.8 Å². The van der Waals surface area contributed by atoms with Crippen LogP contribution in [0.1, 0.15) is 42.4 Å². The molecule has 2 aliphatic heterocycles. The van der Waals surface area contributed by atoms with Crippen molar-refractivity contribution in [3.8, 4) is 11.5 Å². The first kappa shape index (κ1) is 28.9. The molecule has 0 bridgehead atoms. The molecule has 10 nitrogen and oxygen atoms in total. The molecule has 0 atom stereocenters. The summed E-state index contributed by atoms with van der Waals surface area (Å²) in [7, 11) is 1.49. The molecule has 2 fully saturated rings. The van der Waals surface area contributed by atoms with Crippen molar-refractivity contribution in [2.45, 2.75) is 38.7 Å². The average molecular weight is 566 g/mol. The Hall–Kier alpha value is -4.12. The molecule has 0 spiro atoms. The van der Waals surface area contributed by atoms with E-state index in [9.17, 15) is 24.5 Å². The number of carbonyl (C=O) groups excluding carboxylic acids is 3. The third-order valence-corrected chi connectivity index (χ3v) is 7.57. The maximum atomic E-state index is 13.1. The van der Waals surface area contributed by atoms with Crippen LogP contribution in [0, 0.1) is 10.1 Å². The van der Waals surface area contributed by atoms with Crippen molar-refractivity contribution in [1.29, 1.82) is 0 Å². The highest BCUT2D eigenvalue weighted by Gasteiger charge is 2.37. The highest BCUT2D eigenvalue weighted by molar-refractivity contribution is 8.18. The van der Waals surface area contributed by atoms with Crippen molar-refractivity contribution in [2.24, 2.45) is 0 Å². The Kier molecular flexibility index (Phi) is 9.60. The number of rotatable bonds is 10. The van der Waals surface area contributed by atoms with Gasteiger partial charge in [0.2, 0.25) is 5.91 Å². The van der Waals surface area contributed by atoms with Gasteiger partial charge in [0.15, 0.2) is 11.5 Å². The van der Waals surface area contributed by atoms with Crippen LogP contribution in [-0.4, -0.2) is 58.5 Å². The van der Waals surface area contributed by atoms with Crippen LogP contribution >= 0.6 is 11.8 Å². The van der Waals surface area contributed by atoms with Crippen LogP contribution in [0.4, 0.5) is 10.5 Å². The predicted octanol–water partition coefficient (Wildman–Crippen LogP) is 5.35. The lowest BCUT2D eigenvalue weighted by Crippen LogP contribution is -2.42. The molecule has 2 heterocycles. The Bertz CT molecular complexity index is 1350. The van der Waals surface area contributed by atoms with E-state index in [1.54, 1.807) is 35.3 Å². The summed E-state index contributed by atoms with van der Waals surface area (Å²) in [5, 5.41) is 10.6. The quantitative estimate of drug-likeness (QED) is 0.164.